The second kappa shape index (κ2) is 5.70. The van der Waals surface area contributed by atoms with Crippen LogP contribution in [0.25, 0.3) is 10.9 Å². The minimum atomic E-state index is 0.620. The third kappa shape index (κ3) is 2.79. The average molecular weight is 254 g/mol. The van der Waals surface area contributed by atoms with Crippen LogP contribution in [0.1, 0.15) is 38.2 Å². The summed E-state index contributed by atoms with van der Waals surface area (Å²) in [6.45, 7) is 3.28. The molecule has 19 heavy (non-hydrogen) atoms. The normalized spacial score (nSPS) is 17.9. The molecule has 0 radical (unpaired) electrons. The van der Waals surface area contributed by atoms with Gasteiger partial charge in [0.1, 0.15) is 0 Å². The Kier molecular flexibility index (Phi) is 3.79. The lowest BCUT2D eigenvalue weighted by Crippen LogP contribution is -2.31. The zero-order valence-corrected chi connectivity index (χ0v) is 11.6. The van der Waals surface area contributed by atoms with Crippen molar-refractivity contribution >= 4 is 10.9 Å². The lowest BCUT2D eigenvalue weighted by Gasteiger charge is -2.20. The summed E-state index contributed by atoms with van der Waals surface area (Å²) in [6.07, 6.45) is 7.53. The molecule has 1 aromatic carbocycles. The number of nitrogens with zero attached hydrogens (tertiary/aromatic N) is 1. The van der Waals surface area contributed by atoms with Gasteiger partial charge in [0.25, 0.3) is 0 Å². The van der Waals surface area contributed by atoms with Gasteiger partial charge in [-0.15, -0.1) is 0 Å². The molecule has 1 fully saturated rings. The summed E-state index contributed by atoms with van der Waals surface area (Å²) in [7, 11) is 0. The largest absolute Gasteiger partial charge is 0.310 e. The van der Waals surface area contributed by atoms with Gasteiger partial charge < -0.3 is 5.32 Å². The van der Waals surface area contributed by atoms with Gasteiger partial charge in [0.15, 0.2) is 0 Å². The smallest absolute Gasteiger partial charge is 0.0705 e. The van der Waals surface area contributed by atoms with Crippen molar-refractivity contribution in [1.82, 2.24) is 10.3 Å². The molecule has 1 aromatic heterocycles. The highest BCUT2D eigenvalue weighted by Crippen LogP contribution is 2.27. The number of para-hydroxylation sites is 1. The van der Waals surface area contributed by atoms with E-state index in [0.717, 1.165) is 18.0 Å². The minimum absolute atomic E-state index is 0.620. The van der Waals surface area contributed by atoms with Crippen molar-refractivity contribution in [2.75, 3.05) is 0 Å². The molecule has 2 aromatic rings. The highest BCUT2D eigenvalue weighted by molar-refractivity contribution is 5.81. The highest BCUT2D eigenvalue weighted by atomic mass is 14.9. The molecule has 0 aliphatic heterocycles. The van der Waals surface area contributed by atoms with Crippen LogP contribution in [0.4, 0.5) is 0 Å². The van der Waals surface area contributed by atoms with Gasteiger partial charge in [-0.25, -0.2) is 0 Å². The molecular formula is C17H22N2. The second-order valence-electron chi connectivity index (χ2n) is 5.70. The van der Waals surface area contributed by atoms with Crippen molar-refractivity contribution in [2.45, 2.75) is 45.2 Å². The quantitative estimate of drug-likeness (QED) is 0.895. The Balaban J connectivity index is 1.71. The zero-order chi connectivity index (χ0) is 13.1. The third-order valence-electron chi connectivity index (χ3n) is 4.46. The van der Waals surface area contributed by atoms with Crippen molar-refractivity contribution in [2.24, 2.45) is 5.92 Å². The van der Waals surface area contributed by atoms with Gasteiger partial charge in [-0.1, -0.05) is 31.0 Å². The Morgan fingerprint density at radius 3 is 2.84 bits per heavy atom. The predicted molar refractivity (Wildman–Crippen MR) is 80.0 cm³/mol. The molecule has 100 valence electrons. The molecule has 2 nitrogen and oxygen atoms in total. The SMILES string of the molecule is C[C@H](NCc1ccnc2ccccc12)C1CCCC1. The average Bonchev–Trinajstić information content (AvgIpc) is 2.99. The maximum atomic E-state index is 4.42. The van der Waals surface area contributed by atoms with Crippen LogP contribution in [-0.2, 0) is 6.54 Å². The summed E-state index contributed by atoms with van der Waals surface area (Å²) in [5.74, 6) is 0.869. The fraction of sp³-hybridized carbons (Fsp3) is 0.471. The number of hydrogen-bond donors (Lipinski definition) is 1. The fourth-order valence-corrected chi connectivity index (χ4v) is 3.20. The number of nitrogens with one attached hydrogen (secondary N) is 1. The maximum Gasteiger partial charge on any atom is 0.0705 e. The lowest BCUT2D eigenvalue weighted by molar-refractivity contribution is 0.381. The predicted octanol–water partition coefficient (Wildman–Crippen LogP) is 3.90. The van der Waals surface area contributed by atoms with Crippen LogP contribution in [-0.4, -0.2) is 11.0 Å². The monoisotopic (exact) mass is 254 g/mol. The first-order valence-electron chi connectivity index (χ1n) is 7.40. The maximum absolute atomic E-state index is 4.42. The van der Waals surface area contributed by atoms with E-state index in [-0.39, 0.29) is 0 Å². The van der Waals surface area contributed by atoms with E-state index in [2.05, 4.69) is 41.5 Å². The van der Waals surface area contributed by atoms with Crippen LogP contribution in [0.5, 0.6) is 0 Å². The first-order chi connectivity index (χ1) is 9.34. The molecule has 1 atom stereocenters. The number of hydrogen-bond acceptors (Lipinski definition) is 2. The van der Waals surface area contributed by atoms with Crippen LogP contribution in [0.2, 0.25) is 0 Å². The summed E-state index contributed by atoms with van der Waals surface area (Å²) in [4.78, 5) is 4.42. The Morgan fingerprint density at radius 2 is 2.00 bits per heavy atom. The van der Waals surface area contributed by atoms with E-state index in [4.69, 9.17) is 0 Å². The molecule has 1 aliphatic carbocycles. The molecule has 1 saturated carbocycles. The summed E-state index contributed by atoms with van der Waals surface area (Å²) < 4.78 is 0. The van der Waals surface area contributed by atoms with Crippen LogP contribution in [0, 0.1) is 5.92 Å². The van der Waals surface area contributed by atoms with E-state index >= 15 is 0 Å². The molecule has 0 bridgehead atoms. The number of aromatic nitrogens is 1. The fourth-order valence-electron chi connectivity index (χ4n) is 3.20. The van der Waals surface area contributed by atoms with Crippen molar-refractivity contribution in [1.29, 1.82) is 0 Å². The number of rotatable bonds is 4. The number of pyridine rings is 1. The topological polar surface area (TPSA) is 24.9 Å². The van der Waals surface area contributed by atoms with E-state index in [9.17, 15) is 0 Å². The first kappa shape index (κ1) is 12.6. The molecule has 3 rings (SSSR count). The molecule has 0 unspecified atom stereocenters. The number of fused-ring (bicyclic) bond motifs is 1. The Morgan fingerprint density at radius 1 is 1.21 bits per heavy atom. The molecule has 1 N–H and O–H groups in total. The number of benzene rings is 1. The molecule has 0 amide bonds. The van der Waals surface area contributed by atoms with Gasteiger partial charge in [0.2, 0.25) is 0 Å². The van der Waals surface area contributed by atoms with Gasteiger partial charge in [-0.2, -0.15) is 0 Å². The van der Waals surface area contributed by atoms with E-state index in [1.165, 1.54) is 36.6 Å². The third-order valence-corrected chi connectivity index (χ3v) is 4.46. The molecule has 0 saturated heterocycles. The lowest BCUT2D eigenvalue weighted by atomic mass is 9.99. The van der Waals surface area contributed by atoms with E-state index in [1.54, 1.807) is 0 Å². The van der Waals surface area contributed by atoms with Gasteiger partial charge in [-0.3, -0.25) is 4.98 Å². The standard InChI is InChI=1S/C17H22N2/c1-13(14-6-2-3-7-14)19-12-15-10-11-18-17-9-5-4-8-16(15)17/h4-5,8-11,13-14,19H,2-3,6-7,12H2,1H3/t13-/m0/s1. The summed E-state index contributed by atoms with van der Waals surface area (Å²) in [5.41, 5.74) is 2.45. The van der Waals surface area contributed by atoms with Crippen molar-refractivity contribution in [3.63, 3.8) is 0 Å². The minimum Gasteiger partial charge on any atom is -0.310 e. The van der Waals surface area contributed by atoms with Crippen molar-refractivity contribution < 1.29 is 0 Å². The highest BCUT2D eigenvalue weighted by Gasteiger charge is 2.20. The van der Waals surface area contributed by atoms with Crippen molar-refractivity contribution in [3.8, 4) is 0 Å². The van der Waals surface area contributed by atoms with Crippen LogP contribution >= 0.6 is 0 Å². The zero-order valence-electron chi connectivity index (χ0n) is 11.6. The van der Waals surface area contributed by atoms with Gasteiger partial charge >= 0.3 is 0 Å². The molecule has 0 spiro atoms. The molecule has 1 heterocycles. The summed E-state index contributed by atoms with van der Waals surface area (Å²) in [6, 6.07) is 11.1. The van der Waals surface area contributed by atoms with Gasteiger partial charge in [-0.05, 0) is 43.4 Å². The van der Waals surface area contributed by atoms with Crippen LogP contribution < -0.4 is 5.32 Å². The van der Waals surface area contributed by atoms with E-state index < -0.39 is 0 Å². The Labute approximate surface area is 115 Å². The van der Waals surface area contributed by atoms with Crippen molar-refractivity contribution in [3.05, 3.63) is 42.1 Å². The van der Waals surface area contributed by atoms with Crippen LogP contribution in [0.3, 0.4) is 0 Å². The van der Waals surface area contributed by atoms with Gasteiger partial charge in [0, 0.05) is 24.2 Å². The summed E-state index contributed by atoms with van der Waals surface area (Å²) >= 11 is 0. The van der Waals surface area contributed by atoms with E-state index in [0.29, 0.717) is 6.04 Å². The van der Waals surface area contributed by atoms with Gasteiger partial charge in [0.05, 0.1) is 5.52 Å². The molecule has 2 heteroatoms. The Hall–Kier alpha value is -1.41. The van der Waals surface area contributed by atoms with E-state index in [1.807, 2.05) is 12.3 Å². The molecule has 1 aliphatic rings. The molecular weight excluding hydrogens is 232 g/mol. The Bertz CT molecular complexity index is 538. The summed E-state index contributed by atoms with van der Waals surface area (Å²) in [5, 5.41) is 4.98. The second-order valence-corrected chi connectivity index (χ2v) is 5.70. The van der Waals surface area contributed by atoms with Crippen LogP contribution in [0.15, 0.2) is 36.5 Å². The first-order valence-corrected chi connectivity index (χ1v) is 7.40.